The van der Waals surface area contributed by atoms with E-state index in [0.29, 0.717) is 16.8 Å². The minimum atomic E-state index is -3.78. The van der Waals surface area contributed by atoms with Gasteiger partial charge in [-0.1, -0.05) is 0 Å². The molecule has 1 aromatic rings. The minimum Gasteiger partial charge on any atom is -0.399 e. The van der Waals surface area contributed by atoms with Crippen LogP contribution in [0.25, 0.3) is 0 Å². The minimum absolute atomic E-state index is 0.0514. The van der Waals surface area contributed by atoms with E-state index < -0.39 is 16.1 Å². The summed E-state index contributed by atoms with van der Waals surface area (Å²) >= 11 is 0. The zero-order valence-electron chi connectivity index (χ0n) is 13.0. The predicted molar refractivity (Wildman–Crippen MR) is 83.4 cm³/mol. The molecule has 0 saturated heterocycles. The first-order valence-electron chi connectivity index (χ1n) is 6.74. The molecule has 1 amide bonds. The third kappa shape index (κ3) is 4.44. The average Bonchev–Trinajstić information content (AvgIpc) is 2.24. The molecule has 1 unspecified atom stereocenters. The van der Waals surface area contributed by atoms with Crippen LogP contribution in [0.5, 0.6) is 0 Å². The molecular weight excluding hydrogens is 290 g/mol. The van der Waals surface area contributed by atoms with Crippen molar-refractivity contribution in [2.45, 2.75) is 51.6 Å². The highest BCUT2D eigenvalue weighted by atomic mass is 32.2. The van der Waals surface area contributed by atoms with E-state index in [1.807, 2.05) is 13.8 Å². The lowest BCUT2D eigenvalue weighted by molar-refractivity contribution is -0.122. The van der Waals surface area contributed by atoms with Gasteiger partial charge in [-0.05, 0) is 57.9 Å². The fourth-order valence-electron chi connectivity index (χ4n) is 2.16. The molecular formula is C14H23N3O3S. The van der Waals surface area contributed by atoms with Crippen molar-refractivity contribution >= 4 is 21.6 Å². The van der Waals surface area contributed by atoms with Crippen molar-refractivity contribution in [2.75, 3.05) is 5.73 Å². The number of carbonyl (C=O) groups is 1. The summed E-state index contributed by atoms with van der Waals surface area (Å²) in [6.07, 6.45) is 0. The molecule has 0 saturated carbocycles. The van der Waals surface area contributed by atoms with Crippen molar-refractivity contribution in [3.63, 3.8) is 0 Å². The van der Waals surface area contributed by atoms with Gasteiger partial charge in [0.15, 0.2) is 0 Å². The van der Waals surface area contributed by atoms with Crippen LogP contribution in [-0.2, 0) is 14.8 Å². The van der Waals surface area contributed by atoms with Gasteiger partial charge in [-0.15, -0.1) is 0 Å². The average molecular weight is 313 g/mol. The number of nitrogen functional groups attached to an aromatic ring is 1. The molecule has 0 aliphatic carbocycles. The molecule has 0 fully saturated rings. The number of amides is 1. The number of hydrogen-bond donors (Lipinski definition) is 3. The molecule has 4 N–H and O–H groups in total. The molecule has 0 heterocycles. The van der Waals surface area contributed by atoms with Crippen LogP contribution >= 0.6 is 0 Å². The molecule has 1 aromatic carbocycles. The van der Waals surface area contributed by atoms with E-state index >= 15 is 0 Å². The van der Waals surface area contributed by atoms with Crippen molar-refractivity contribution in [1.82, 2.24) is 10.0 Å². The SMILES string of the molecule is Cc1cc(N)cc(C)c1S(=O)(=O)NC(C)C(=O)NC(C)C. The summed E-state index contributed by atoms with van der Waals surface area (Å²) in [6.45, 7) is 8.49. The molecule has 1 atom stereocenters. The molecule has 0 bridgehead atoms. The van der Waals surface area contributed by atoms with Gasteiger partial charge in [-0.2, -0.15) is 4.72 Å². The molecule has 6 nitrogen and oxygen atoms in total. The smallest absolute Gasteiger partial charge is 0.241 e. The highest BCUT2D eigenvalue weighted by Crippen LogP contribution is 2.23. The van der Waals surface area contributed by atoms with Crippen molar-refractivity contribution < 1.29 is 13.2 Å². The zero-order chi connectivity index (χ0) is 16.4. The van der Waals surface area contributed by atoms with Gasteiger partial charge in [0.05, 0.1) is 10.9 Å². The molecule has 118 valence electrons. The summed E-state index contributed by atoms with van der Waals surface area (Å²) in [4.78, 5) is 12.0. The lowest BCUT2D eigenvalue weighted by Crippen LogP contribution is -2.46. The van der Waals surface area contributed by atoms with Crippen LogP contribution in [0.1, 0.15) is 31.9 Å². The fourth-order valence-corrected chi connectivity index (χ4v) is 3.82. The molecule has 0 aromatic heterocycles. The van der Waals surface area contributed by atoms with E-state index in [1.165, 1.54) is 6.92 Å². The van der Waals surface area contributed by atoms with Crippen LogP contribution < -0.4 is 15.8 Å². The van der Waals surface area contributed by atoms with E-state index in [1.54, 1.807) is 26.0 Å². The van der Waals surface area contributed by atoms with Gasteiger partial charge in [0, 0.05) is 11.7 Å². The summed E-state index contributed by atoms with van der Waals surface area (Å²) in [6, 6.07) is 2.29. The van der Waals surface area contributed by atoms with Crippen molar-refractivity contribution in [3.8, 4) is 0 Å². The Bertz CT molecular complexity index is 616. The Kier molecular flexibility index (Phi) is 5.36. The van der Waals surface area contributed by atoms with Crippen LogP contribution in [-0.4, -0.2) is 26.4 Å². The van der Waals surface area contributed by atoms with E-state index in [2.05, 4.69) is 10.0 Å². The van der Waals surface area contributed by atoms with Crippen molar-refractivity contribution in [1.29, 1.82) is 0 Å². The highest BCUT2D eigenvalue weighted by molar-refractivity contribution is 7.89. The quantitative estimate of drug-likeness (QED) is 0.708. The van der Waals surface area contributed by atoms with E-state index in [4.69, 9.17) is 5.73 Å². The van der Waals surface area contributed by atoms with Crippen molar-refractivity contribution in [3.05, 3.63) is 23.3 Å². The van der Waals surface area contributed by atoms with Crippen LogP contribution in [0.4, 0.5) is 5.69 Å². The van der Waals surface area contributed by atoms with Gasteiger partial charge in [0.2, 0.25) is 15.9 Å². The maximum absolute atomic E-state index is 12.5. The fraction of sp³-hybridized carbons (Fsp3) is 0.500. The summed E-state index contributed by atoms with van der Waals surface area (Å²) < 4.78 is 27.3. The number of anilines is 1. The predicted octanol–water partition coefficient (Wildman–Crippen LogP) is 1.08. The molecule has 0 spiro atoms. The van der Waals surface area contributed by atoms with Crippen LogP contribution in [0.15, 0.2) is 17.0 Å². The number of hydrogen-bond acceptors (Lipinski definition) is 4. The first-order chi connectivity index (χ1) is 9.54. The zero-order valence-corrected chi connectivity index (χ0v) is 13.8. The summed E-state index contributed by atoms with van der Waals surface area (Å²) in [5.74, 6) is -0.362. The second kappa shape index (κ2) is 6.44. The molecule has 0 aliphatic rings. The van der Waals surface area contributed by atoms with E-state index in [0.717, 1.165) is 0 Å². The number of nitrogens with one attached hydrogen (secondary N) is 2. The Balaban J connectivity index is 3.05. The Labute approximate surface area is 126 Å². The normalized spacial score (nSPS) is 13.2. The lowest BCUT2D eigenvalue weighted by atomic mass is 10.1. The Morgan fingerprint density at radius 3 is 2.05 bits per heavy atom. The monoisotopic (exact) mass is 313 g/mol. The Morgan fingerprint density at radius 1 is 1.14 bits per heavy atom. The highest BCUT2D eigenvalue weighted by Gasteiger charge is 2.25. The maximum atomic E-state index is 12.5. The third-order valence-corrected chi connectivity index (χ3v) is 4.75. The molecule has 7 heteroatoms. The maximum Gasteiger partial charge on any atom is 0.241 e. The Hall–Kier alpha value is -1.60. The van der Waals surface area contributed by atoms with Crippen LogP contribution in [0.3, 0.4) is 0 Å². The van der Waals surface area contributed by atoms with Crippen LogP contribution in [0.2, 0.25) is 0 Å². The standard InChI is InChI=1S/C14H23N3O3S/c1-8(2)16-14(18)11(5)17-21(19,20)13-9(3)6-12(15)7-10(13)4/h6-8,11,17H,15H2,1-5H3,(H,16,18). The molecule has 0 aliphatic heterocycles. The van der Waals surface area contributed by atoms with Gasteiger partial charge < -0.3 is 11.1 Å². The van der Waals surface area contributed by atoms with Gasteiger partial charge in [-0.3, -0.25) is 4.79 Å². The number of benzene rings is 1. The number of aryl methyl sites for hydroxylation is 2. The first-order valence-corrected chi connectivity index (χ1v) is 8.22. The van der Waals surface area contributed by atoms with Crippen molar-refractivity contribution in [2.24, 2.45) is 0 Å². The molecule has 21 heavy (non-hydrogen) atoms. The van der Waals surface area contributed by atoms with E-state index in [-0.39, 0.29) is 16.8 Å². The van der Waals surface area contributed by atoms with Crippen LogP contribution in [0, 0.1) is 13.8 Å². The number of nitrogens with two attached hydrogens (primary N) is 1. The van der Waals surface area contributed by atoms with Gasteiger partial charge in [0.1, 0.15) is 0 Å². The van der Waals surface area contributed by atoms with Gasteiger partial charge in [0.25, 0.3) is 0 Å². The van der Waals surface area contributed by atoms with E-state index in [9.17, 15) is 13.2 Å². The number of carbonyl (C=O) groups excluding carboxylic acids is 1. The lowest BCUT2D eigenvalue weighted by Gasteiger charge is -2.18. The topological polar surface area (TPSA) is 101 Å². The third-order valence-electron chi connectivity index (χ3n) is 2.91. The largest absolute Gasteiger partial charge is 0.399 e. The first kappa shape index (κ1) is 17.5. The van der Waals surface area contributed by atoms with Gasteiger partial charge in [-0.25, -0.2) is 8.42 Å². The summed E-state index contributed by atoms with van der Waals surface area (Å²) in [7, 11) is -3.78. The Morgan fingerprint density at radius 2 is 1.62 bits per heavy atom. The molecule has 1 rings (SSSR count). The van der Waals surface area contributed by atoms with Gasteiger partial charge >= 0.3 is 0 Å². The second-order valence-electron chi connectivity index (χ2n) is 5.49. The number of sulfonamides is 1. The molecule has 0 radical (unpaired) electrons. The summed E-state index contributed by atoms with van der Waals surface area (Å²) in [5.41, 5.74) is 7.31. The second-order valence-corrected chi connectivity index (χ2v) is 7.14. The summed E-state index contributed by atoms with van der Waals surface area (Å²) in [5, 5.41) is 2.67. The number of rotatable bonds is 5.